The number of ether oxygens (including phenoxy) is 1. The van der Waals surface area contributed by atoms with Crippen molar-refractivity contribution >= 4 is 28.6 Å². The van der Waals surface area contributed by atoms with Crippen molar-refractivity contribution in [1.29, 1.82) is 0 Å². The van der Waals surface area contributed by atoms with E-state index in [1.54, 1.807) is 26.1 Å². The SMILES string of the molecule is C=CC(=O)Nc1cc(-c2c(-c3cnn(CC)c3)[nH]c3ncc(C(=O)OC(C)C)cc23)ccc1C. The maximum atomic E-state index is 12.6. The van der Waals surface area contributed by atoms with Crippen LogP contribution in [0.2, 0.25) is 0 Å². The zero-order valence-electron chi connectivity index (χ0n) is 19.7. The van der Waals surface area contributed by atoms with Crippen LogP contribution in [0.4, 0.5) is 5.69 Å². The van der Waals surface area contributed by atoms with Gasteiger partial charge in [-0.3, -0.25) is 9.48 Å². The number of amides is 1. The molecule has 0 bridgehead atoms. The normalized spacial score (nSPS) is 11.1. The maximum absolute atomic E-state index is 12.6. The molecule has 0 spiro atoms. The number of carbonyl (C=O) groups is 2. The Balaban J connectivity index is 1.94. The lowest BCUT2D eigenvalue weighted by atomic mass is 9.97. The number of aryl methyl sites for hydroxylation is 2. The molecule has 1 aromatic carbocycles. The van der Waals surface area contributed by atoms with Gasteiger partial charge in [-0.2, -0.15) is 5.10 Å². The van der Waals surface area contributed by atoms with Gasteiger partial charge in [0.05, 0.1) is 23.6 Å². The summed E-state index contributed by atoms with van der Waals surface area (Å²) in [5, 5.41) is 8.04. The van der Waals surface area contributed by atoms with Crippen LogP contribution in [-0.2, 0) is 16.1 Å². The first-order valence-electron chi connectivity index (χ1n) is 11.1. The van der Waals surface area contributed by atoms with E-state index in [9.17, 15) is 9.59 Å². The molecule has 0 radical (unpaired) electrons. The number of nitrogens with one attached hydrogen (secondary N) is 2. The van der Waals surface area contributed by atoms with Crippen molar-refractivity contribution in [2.75, 3.05) is 5.32 Å². The van der Waals surface area contributed by atoms with Gasteiger partial charge in [0.2, 0.25) is 5.91 Å². The van der Waals surface area contributed by atoms with Crippen LogP contribution in [0.1, 0.15) is 36.7 Å². The molecule has 0 aliphatic carbocycles. The van der Waals surface area contributed by atoms with Crippen LogP contribution in [0.3, 0.4) is 0 Å². The Morgan fingerprint density at radius 2 is 2.03 bits per heavy atom. The summed E-state index contributed by atoms with van der Waals surface area (Å²) in [5.41, 5.74) is 6.00. The van der Waals surface area contributed by atoms with Gasteiger partial charge in [0.1, 0.15) is 5.65 Å². The van der Waals surface area contributed by atoms with Gasteiger partial charge in [-0.25, -0.2) is 9.78 Å². The number of H-pyrrole nitrogens is 1. The molecule has 3 aromatic heterocycles. The molecular formula is C26H27N5O3. The third-order valence-corrected chi connectivity index (χ3v) is 5.44. The highest BCUT2D eigenvalue weighted by Gasteiger charge is 2.20. The molecular weight excluding hydrogens is 430 g/mol. The number of rotatable bonds is 7. The fraction of sp³-hybridized carbons (Fsp3) is 0.231. The number of hydrogen-bond donors (Lipinski definition) is 2. The van der Waals surface area contributed by atoms with Crippen molar-refractivity contribution in [1.82, 2.24) is 19.7 Å². The molecule has 8 nitrogen and oxygen atoms in total. The van der Waals surface area contributed by atoms with Crippen LogP contribution >= 0.6 is 0 Å². The van der Waals surface area contributed by atoms with E-state index in [0.29, 0.717) is 16.9 Å². The molecule has 0 saturated carbocycles. The Labute approximate surface area is 197 Å². The van der Waals surface area contributed by atoms with E-state index in [1.165, 1.54) is 12.3 Å². The molecule has 8 heteroatoms. The molecule has 0 atom stereocenters. The number of fused-ring (bicyclic) bond motifs is 1. The minimum absolute atomic E-state index is 0.238. The average Bonchev–Trinajstić information content (AvgIpc) is 3.44. The number of hydrogen-bond acceptors (Lipinski definition) is 5. The van der Waals surface area contributed by atoms with Crippen molar-refractivity contribution < 1.29 is 14.3 Å². The predicted octanol–water partition coefficient (Wildman–Crippen LogP) is 5.11. The van der Waals surface area contributed by atoms with Crippen molar-refractivity contribution in [3.05, 3.63) is 66.6 Å². The van der Waals surface area contributed by atoms with Crippen molar-refractivity contribution in [2.24, 2.45) is 0 Å². The van der Waals surface area contributed by atoms with E-state index in [4.69, 9.17) is 4.74 Å². The van der Waals surface area contributed by atoms with Crippen LogP contribution in [0.5, 0.6) is 0 Å². The summed E-state index contributed by atoms with van der Waals surface area (Å²) in [6.07, 6.45) is 6.25. The first kappa shape index (κ1) is 23.0. The molecule has 34 heavy (non-hydrogen) atoms. The van der Waals surface area contributed by atoms with Crippen LogP contribution in [0.25, 0.3) is 33.4 Å². The molecule has 0 aliphatic rings. The lowest BCUT2D eigenvalue weighted by molar-refractivity contribution is -0.111. The number of anilines is 1. The topological polar surface area (TPSA) is 102 Å². The Bertz CT molecular complexity index is 1400. The summed E-state index contributed by atoms with van der Waals surface area (Å²) in [6, 6.07) is 7.62. The van der Waals surface area contributed by atoms with Gasteiger partial charge < -0.3 is 15.0 Å². The number of carbonyl (C=O) groups excluding carboxylic acids is 2. The largest absolute Gasteiger partial charge is 0.459 e. The molecule has 0 unspecified atom stereocenters. The van der Waals surface area contributed by atoms with Crippen LogP contribution in [0.15, 0.2) is 55.5 Å². The highest BCUT2D eigenvalue weighted by Crippen LogP contribution is 2.39. The van der Waals surface area contributed by atoms with Gasteiger partial charge in [-0.15, -0.1) is 0 Å². The highest BCUT2D eigenvalue weighted by molar-refractivity contribution is 6.06. The molecule has 4 rings (SSSR count). The zero-order chi connectivity index (χ0) is 24.4. The van der Waals surface area contributed by atoms with E-state index < -0.39 is 5.97 Å². The number of benzene rings is 1. The molecule has 0 aliphatic heterocycles. The Kier molecular flexibility index (Phi) is 6.32. The quantitative estimate of drug-likeness (QED) is 0.297. The van der Waals surface area contributed by atoms with Gasteiger partial charge in [0.15, 0.2) is 0 Å². The van der Waals surface area contributed by atoms with Crippen LogP contribution < -0.4 is 5.32 Å². The second kappa shape index (κ2) is 9.35. The highest BCUT2D eigenvalue weighted by atomic mass is 16.5. The average molecular weight is 458 g/mol. The zero-order valence-corrected chi connectivity index (χ0v) is 19.7. The summed E-state index contributed by atoms with van der Waals surface area (Å²) >= 11 is 0. The van der Waals surface area contributed by atoms with Gasteiger partial charge in [-0.1, -0.05) is 18.7 Å². The van der Waals surface area contributed by atoms with Crippen molar-refractivity contribution in [2.45, 2.75) is 40.3 Å². The molecule has 0 fully saturated rings. The second-order valence-corrected chi connectivity index (χ2v) is 8.26. The fourth-order valence-electron chi connectivity index (χ4n) is 3.74. The number of aromatic nitrogens is 4. The first-order chi connectivity index (χ1) is 16.3. The fourth-order valence-corrected chi connectivity index (χ4v) is 3.74. The summed E-state index contributed by atoms with van der Waals surface area (Å²) in [4.78, 5) is 32.4. The molecule has 3 heterocycles. The smallest absolute Gasteiger partial charge is 0.339 e. The third kappa shape index (κ3) is 4.47. The molecule has 174 valence electrons. The predicted molar refractivity (Wildman–Crippen MR) is 133 cm³/mol. The van der Waals surface area contributed by atoms with Gasteiger partial charge >= 0.3 is 5.97 Å². The summed E-state index contributed by atoms with van der Waals surface area (Å²) in [5.74, 6) is -0.719. The Morgan fingerprint density at radius 3 is 2.71 bits per heavy atom. The Hall–Kier alpha value is -4.20. The lowest BCUT2D eigenvalue weighted by Gasteiger charge is -2.11. The van der Waals surface area contributed by atoms with Crippen molar-refractivity contribution in [3.8, 4) is 22.4 Å². The van der Waals surface area contributed by atoms with E-state index in [1.807, 2.05) is 42.9 Å². The number of aromatic amines is 1. The molecule has 4 aromatic rings. The molecule has 0 saturated heterocycles. The summed E-state index contributed by atoms with van der Waals surface area (Å²) in [7, 11) is 0. The minimum Gasteiger partial charge on any atom is -0.459 e. The van der Waals surface area contributed by atoms with E-state index in [0.717, 1.165) is 39.9 Å². The first-order valence-corrected chi connectivity index (χ1v) is 11.1. The number of nitrogens with zero attached hydrogens (tertiary/aromatic N) is 3. The van der Waals surface area contributed by atoms with E-state index in [2.05, 4.69) is 27.0 Å². The monoisotopic (exact) mass is 457 g/mol. The summed E-state index contributed by atoms with van der Waals surface area (Å²) in [6.45, 7) is 11.8. The van der Waals surface area contributed by atoms with Gasteiger partial charge in [0.25, 0.3) is 0 Å². The lowest BCUT2D eigenvalue weighted by Crippen LogP contribution is -2.11. The molecule has 2 N–H and O–H groups in total. The standard InChI is InChI=1S/C26H27N5O3/c1-6-22(32)29-21-11-17(9-8-16(21)5)23-20-10-18(26(33)34-15(3)4)12-27-25(20)30-24(23)19-13-28-31(7-2)14-19/h6,8-15H,1,7H2,2-5H3,(H,27,30)(H,29,32). The Morgan fingerprint density at radius 1 is 1.24 bits per heavy atom. The van der Waals surface area contributed by atoms with E-state index in [-0.39, 0.29) is 12.0 Å². The number of esters is 1. The number of pyridine rings is 1. The van der Waals surface area contributed by atoms with E-state index >= 15 is 0 Å². The maximum Gasteiger partial charge on any atom is 0.339 e. The van der Waals surface area contributed by atoms with Crippen LogP contribution in [-0.4, -0.2) is 37.7 Å². The molecule has 1 amide bonds. The van der Waals surface area contributed by atoms with Gasteiger partial charge in [0, 0.05) is 41.1 Å². The van der Waals surface area contributed by atoms with Crippen LogP contribution in [0, 0.1) is 6.92 Å². The minimum atomic E-state index is -0.431. The second-order valence-electron chi connectivity index (χ2n) is 8.26. The summed E-state index contributed by atoms with van der Waals surface area (Å²) < 4.78 is 7.21. The third-order valence-electron chi connectivity index (χ3n) is 5.44. The van der Waals surface area contributed by atoms with Gasteiger partial charge in [-0.05, 0) is 57.0 Å². The van der Waals surface area contributed by atoms with Crippen molar-refractivity contribution in [3.63, 3.8) is 0 Å².